The predicted octanol–water partition coefficient (Wildman–Crippen LogP) is 3.83. The van der Waals surface area contributed by atoms with Crippen LogP contribution in [-0.2, 0) is 6.42 Å². The van der Waals surface area contributed by atoms with E-state index in [1.807, 2.05) is 0 Å². The zero-order chi connectivity index (χ0) is 11.6. The van der Waals surface area contributed by atoms with E-state index in [2.05, 4.69) is 30.7 Å². The Balaban J connectivity index is 1.85. The number of hydrogen-bond acceptors (Lipinski definition) is 2. The standard InChI is InChI=1S/C14H23NS/c1-14(2)6-3-12(4-7-14)13(15)9-11-5-8-16-10-11/h5,8,10,12-13H,3-4,6-7,9,15H2,1-2H3. The molecule has 1 fully saturated rings. The molecule has 1 aliphatic rings. The van der Waals surface area contributed by atoms with Gasteiger partial charge in [0.25, 0.3) is 0 Å². The molecule has 1 aromatic heterocycles. The minimum atomic E-state index is 0.366. The lowest BCUT2D eigenvalue weighted by atomic mass is 9.70. The maximum Gasteiger partial charge on any atom is 0.0108 e. The Bertz CT molecular complexity index is 305. The summed E-state index contributed by atoms with van der Waals surface area (Å²) >= 11 is 1.77. The first kappa shape index (κ1) is 12.1. The van der Waals surface area contributed by atoms with Crippen molar-refractivity contribution >= 4 is 11.3 Å². The molecule has 1 saturated carbocycles. The molecule has 0 amide bonds. The van der Waals surface area contributed by atoms with Crippen molar-refractivity contribution in [1.29, 1.82) is 0 Å². The molecule has 1 unspecified atom stereocenters. The second kappa shape index (κ2) is 4.89. The van der Waals surface area contributed by atoms with Crippen LogP contribution in [0.25, 0.3) is 0 Å². The van der Waals surface area contributed by atoms with Crippen LogP contribution in [-0.4, -0.2) is 6.04 Å². The topological polar surface area (TPSA) is 26.0 Å². The van der Waals surface area contributed by atoms with Gasteiger partial charge in [0.2, 0.25) is 0 Å². The molecule has 0 bridgehead atoms. The molecule has 0 aliphatic heterocycles. The molecule has 1 nitrogen and oxygen atoms in total. The minimum Gasteiger partial charge on any atom is -0.327 e. The van der Waals surface area contributed by atoms with Crippen LogP contribution in [0.15, 0.2) is 16.8 Å². The van der Waals surface area contributed by atoms with Crippen LogP contribution in [0.2, 0.25) is 0 Å². The van der Waals surface area contributed by atoms with E-state index in [9.17, 15) is 0 Å². The summed E-state index contributed by atoms with van der Waals surface area (Å²) in [4.78, 5) is 0. The Kier molecular flexibility index (Phi) is 3.70. The van der Waals surface area contributed by atoms with Crippen LogP contribution < -0.4 is 5.73 Å². The predicted molar refractivity (Wildman–Crippen MR) is 71.7 cm³/mol. The average molecular weight is 237 g/mol. The molecular weight excluding hydrogens is 214 g/mol. The maximum atomic E-state index is 6.33. The molecule has 2 heteroatoms. The van der Waals surface area contributed by atoms with Gasteiger partial charge in [-0.3, -0.25) is 0 Å². The summed E-state index contributed by atoms with van der Waals surface area (Å²) in [5.74, 6) is 0.743. The van der Waals surface area contributed by atoms with Gasteiger partial charge in [-0.2, -0.15) is 11.3 Å². The van der Waals surface area contributed by atoms with Crippen molar-refractivity contribution in [2.45, 2.75) is 52.0 Å². The van der Waals surface area contributed by atoms with Gasteiger partial charge in [0.05, 0.1) is 0 Å². The van der Waals surface area contributed by atoms with E-state index in [-0.39, 0.29) is 0 Å². The van der Waals surface area contributed by atoms with E-state index in [0.29, 0.717) is 11.5 Å². The highest BCUT2D eigenvalue weighted by atomic mass is 32.1. The third kappa shape index (κ3) is 3.08. The number of nitrogens with two attached hydrogens (primary N) is 1. The van der Waals surface area contributed by atoms with E-state index in [1.54, 1.807) is 11.3 Å². The van der Waals surface area contributed by atoms with Crippen molar-refractivity contribution in [2.24, 2.45) is 17.1 Å². The third-order valence-electron chi connectivity index (χ3n) is 4.04. The van der Waals surface area contributed by atoms with Crippen LogP contribution in [0.1, 0.15) is 45.1 Å². The van der Waals surface area contributed by atoms with Gasteiger partial charge >= 0.3 is 0 Å². The quantitative estimate of drug-likeness (QED) is 0.849. The highest BCUT2D eigenvalue weighted by molar-refractivity contribution is 7.07. The molecule has 1 heterocycles. The average Bonchev–Trinajstić information content (AvgIpc) is 2.70. The molecule has 90 valence electrons. The molecule has 1 aromatic rings. The van der Waals surface area contributed by atoms with Crippen molar-refractivity contribution in [3.05, 3.63) is 22.4 Å². The largest absolute Gasteiger partial charge is 0.327 e. The zero-order valence-corrected chi connectivity index (χ0v) is 11.2. The molecule has 0 aromatic carbocycles. The first-order valence-corrected chi connectivity index (χ1v) is 7.28. The lowest BCUT2D eigenvalue weighted by Gasteiger charge is -2.36. The summed E-state index contributed by atoms with van der Waals surface area (Å²) in [5.41, 5.74) is 8.31. The number of thiophene rings is 1. The summed E-state index contributed by atoms with van der Waals surface area (Å²) < 4.78 is 0. The molecule has 1 aliphatic carbocycles. The van der Waals surface area contributed by atoms with E-state index < -0.39 is 0 Å². The SMILES string of the molecule is CC1(C)CCC(C(N)Cc2ccsc2)CC1. The van der Waals surface area contributed by atoms with Gasteiger partial charge in [-0.05, 0) is 65.8 Å². The van der Waals surface area contributed by atoms with Gasteiger partial charge in [0.1, 0.15) is 0 Å². The number of rotatable bonds is 3. The maximum absolute atomic E-state index is 6.33. The van der Waals surface area contributed by atoms with Crippen molar-refractivity contribution in [3.8, 4) is 0 Å². The Morgan fingerprint density at radius 2 is 2.12 bits per heavy atom. The van der Waals surface area contributed by atoms with E-state index in [0.717, 1.165) is 12.3 Å². The summed E-state index contributed by atoms with van der Waals surface area (Å²) in [6.07, 6.45) is 6.38. The van der Waals surface area contributed by atoms with E-state index in [4.69, 9.17) is 5.73 Å². The van der Waals surface area contributed by atoms with Gasteiger partial charge in [-0.1, -0.05) is 13.8 Å². The van der Waals surface area contributed by atoms with Gasteiger partial charge < -0.3 is 5.73 Å². The van der Waals surface area contributed by atoms with Crippen LogP contribution >= 0.6 is 11.3 Å². The van der Waals surface area contributed by atoms with Crippen LogP contribution in [0.5, 0.6) is 0 Å². The molecule has 0 radical (unpaired) electrons. The van der Waals surface area contributed by atoms with Gasteiger partial charge in [0.15, 0.2) is 0 Å². The summed E-state index contributed by atoms with van der Waals surface area (Å²) in [6.45, 7) is 4.77. The van der Waals surface area contributed by atoms with E-state index >= 15 is 0 Å². The molecule has 16 heavy (non-hydrogen) atoms. The zero-order valence-electron chi connectivity index (χ0n) is 10.4. The molecule has 0 saturated heterocycles. The normalized spacial score (nSPS) is 23.2. The lowest BCUT2D eigenvalue weighted by Crippen LogP contribution is -2.36. The molecule has 0 spiro atoms. The molecular formula is C14H23NS. The highest BCUT2D eigenvalue weighted by Gasteiger charge is 2.29. The summed E-state index contributed by atoms with van der Waals surface area (Å²) in [7, 11) is 0. The Morgan fingerprint density at radius 1 is 1.44 bits per heavy atom. The van der Waals surface area contributed by atoms with Crippen molar-refractivity contribution in [2.75, 3.05) is 0 Å². The Morgan fingerprint density at radius 3 is 2.69 bits per heavy atom. The summed E-state index contributed by atoms with van der Waals surface area (Å²) in [6, 6.07) is 2.57. The monoisotopic (exact) mass is 237 g/mol. The highest BCUT2D eigenvalue weighted by Crippen LogP contribution is 2.39. The van der Waals surface area contributed by atoms with Crippen LogP contribution in [0, 0.1) is 11.3 Å². The first-order chi connectivity index (χ1) is 7.57. The van der Waals surface area contributed by atoms with Crippen molar-refractivity contribution < 1.29 is 0 Å². The Hall–Kier alpha value is -0.340. The van der Waals surface area contributed by atoms with Gasteiger partial charge in [0, 0.05) is 6.04 Å². The van der Waals surface area contributed by atoms with Crippen LogP contribution in [0.3, 0.4) is 0 Å². The second-order valence-electron chi connectivity index (χ2n) is 6.00. The fourth-order valence-electron chi connectivity index (χ4n) is 2.70. The minimum absolute atomic E-state index is 0.366. The van der Waals surface area contributed by atoms with Gasteiger partial charge in [-0.25, -0.2) is 0 Å². The third-order valence-corrected chi connectivity index (χ3v) is 4.77. The van der Waals surface area contributed by atoms with Crippen molar-refractivity contribution in [1.82, 2.24) is 0 Å². The fourth-order valence-corrected chi connectivity index (χ4v) is 3.38. The molecule has 1 atom stereocenters. The number of hydrogen-bond donors (Lipinski definition) is 1. The van der Waals surface area contributed by atoms with Gasteiger partial charge in [-0.15, -0.1) is 0 Å². The smallest absolute Gasteiger partial charge is 0.0108 e. The summed E-state index contributed by atoms with van der Waals surface area (Å²) in [5, 5.41) is 4.37. The lowest BCUT2D eigenvalue weighted by molar-refractivity contribution is 0.173. The molecule has 2 N–H and O–H groups in total. The van der Waals surface area contributed by atoms with E-state index in [1.165, 1.54) is 31.2 Å². The molecule has 2 rings (SSSR count). The fraction of sp³-hybridized carbons (Fsp3) is 0.714. The van der Waals surface area contributed by atoms with Crippen LogP contribution in [0.4, 0.5) is 0 Å². The second-order valence-corrected chi connectivity index (χ2v) is 6.78. The Labute approximate surface area is 103 Å². The van der Waals surface area contributed by atoms with Crippen molar-refractivity contribution in [3.63, 3.8) is 0 Å². The first-order valence-electron chi connectivity index (χ1n) is 6.33.